The fourth-order valence-electron chi connectivity index (χ4n) is 3.32. The number of hydrogen-bond acceptors (Lipinski definition) is 4. The number of carboxylic acid groups (broad SMARTS) is 1. The number of benzene rings is 1. The molecular formula is C19H20N2O3. The molecule has 0 unspecified atom stereocenters. The molecule has 0 bridgehead atoms. The molecule has 1 aromatic carbocycles. The summed E-state index contributed by atoms with van der Waals surface area (Å²) in [5.41, 5.74) is 3.40. The lowest BCUT2D eigenvalue weighted by molar-refractivity contribution is 0.0697. The van der Waals surface area contributed by atoms with Crippen LogP contribution in [-0.4, -0.2) is 29.2 Å². The number of hydrogen-bond donors (Lipinski definition) is 2. The molecule has 2 N–H and O–H groups in total. The summed E-state index contributed by atoms with van der Waals surface area (Å²) < 4.78 is 5.85. The van der Waals surface area contributed by atoms with Gasteiger partial charge in [0.05, 0.1) is 24.1 Å². The van der Waals surface area contributed by atoms with Crippen molar-refractivity contribution in [2.24, 2.45) is 0 Å². The summed E-state index contributed by atoms with van der Waals surface area (Å²) in [6, 6.07) is 8.09. The van der Waals surface area contributed by atoms with Gasteiger partial charge in [-0.2, -0.15) is 0 Å². The molecule has 124 valence electrons. The second-order valence-corrected chi connectivity index (χ2v) is 6.51. The van der Waals surface area contributed by atoms with Gasteiger partial charge in [0.2, 0.25) is 0 Å². The van der Waals surface area contributed by atoms with Crippen LogP contribution < -0.4 is 10.1 Å². The van der Waals surface area contributed by atoms with Crippen LogP contribution in [-0.2, 0) is 0 Å². The second kappa shape index (κ2) is 6.15. The van der Waals surface area contributed by atoms with Crippen LogP contribution in [0.3, 0.4) is 0 Å². The SMILES string of the molecule is O=C(O)c1ccncc1NC[C@@H]1CCOc2cc(C3CC3)ccc21. The Hall–Kier alpha value is -2.56. The first-order valence-electron chi connectivity index (χ1n) is 8.40. The maximum Gasteiger partial charge on any atom is 0.337 e. The number of anilines is 1. The van der Waals surface area contributed by atoms with E-state index >= 15 is 0 Å². The molecule has 2 heterocycles. The lowest BCUT2D eigenvalue weighted by Crippen LogP contribution is -2.21. The smallest absolute Gasteiger partial charge is 0.337 e. The van der Waals surface area contributed by atoms with Gasteiger partial charge in [-0.05, 0) is 48.4 Å². The van der Waals surface area contributed by atoms with E-state index in [9.17, 15) is 9.90 Å². The van der Waals surface area contributed by atoms with Crippen molar-refractivity contribution in [2.75, 3.05) is 18.5 Å². The molecule has 0 amide bonds. The molecule has 1 fully saturated rings. The number of fused-ring (bicyclic) bond motifs is 1. The number of ether oxygens (including phenoxy) is 1. The van der Waals surface area contributed by atoms with E-state index in [1.807, 2.05) is 0 Å². The fourth-order valence-corrected chi connectivity index (χ4v) is 3.32. The molecule has 5 nitrogen and oxygen atoms in total. The van der Waals surface area contributed by atoms with Crippen LogP contribution in [0.15, 0.2) is 36.7 Å². The molecule has 1 atom stereocenters. The molecule has 1 saturated carbocycles. The van der Waals surface area contributed by atoms with Gasteiger partial charge in [-0.3, -0.25) is 4.98 Å². The van der Waals surface area contributed by atoms with Crippen LogP contribution >= 0.6 is 0 Å². The lowest BCUT2D eigenvalue weighted by atomic mass is 9.91. The maximum atomic E-state index is 11.3. The predicted molar refractivity (Wildman–Crippen MR) is 91.0 cm³/mol. The van der Waals surface area contributed by atoms with E-state index in [2.05, 4.69) is 28.5 Å². The number of pyridine rings is 1. The Morgan fingerprint density at radius 2 is 2.17 bits per heavy atom. The largest absolute Gasteiger partial charge is 0.493 e. The van der Waals surface area contributed by atoms with E-state index in [1.54, 1.807) is 6.20 Å². The van der Waals surface area contributed by atoms with Crippen LogP contribution in [0.5, 0.6) is 5.75 Å². The highest BCUT2D eigenvalue weighted by atomic mass is 16.5. The molecule has 5 heteroatoms. The Kier molecular flexibility index (Phi) is 3.84. The van der Waals surface area contributed by atoms with Gasteiger partial charge in [0.25, 0.3) is 0 Å². The van der Waals surface area contributed by atoms with Crippen molar-refractivity contribution in [1.82, 2.24) is 4.98 Å². The van der Waals surface area contributed by atoms with E-state index in [0.717, 1.165) is 12.2 Å². The summed E-state index contributed by atoms with van der Waals surface area (Å²) >= 11 is 0. The third kappa shape index (κ3) is 2.94. The zero-order valence-corrected chi connectivity index (χ0v) is 13.4. The third-order valence-corrected chi connectivity index (χ3v) is 4.84. The van der Waals surface area contributed by atoms with Crippen LogP contribution in [0.2, 0.25) is 0 Å². The van der Waals surface area contributed by atoms with Gasteiger partial charge in [-0.25, -0.2) is 4.79 Å². The molecule has 1 aromatic heterocycles. The maximum absolute atomic E-state index is 11.3. The summed E-state index contributed by atoms with van der Waals surface area (Å²) in [7, 11) is 0. The highest BCUT2D eigenvalue weighted by Crippen LogP contribution is 2.43. The van der Waals surface area contributed by atoms with Crippen molar-refractivity contribution in [1.29, 1.82) is 0 Å². The predicted octanol–water partition coefficient (Wildman–Crippen LogP) is 3.64. The molecule has 0 saturated heterocycles. The van der Waals surface area contributed by atoms with Gasteiger partial charge in [-0.15, -0.1) is 0 Å². The number of nitrogens with one attached hydrogen (secondary N) is 1. The van der Waals surface area contributed by atoms with Crippen molar-refractivity contribution >= 4 is 11.7 Å². The first kappa shape index (κ1) is 15.0. The van der Waals surface area contributed by atoms with Gasteiger partial charge in [-0.1, -0.05) is 12.1 Å². The number of rotatable bonds is 5. The third-order valence-electron chi connectivity index (χ3n) is 4.84. The molecule has 2 aromatic rings. The summed E-state index contributed by atoms with van der Waals surface area (Å²) in [5.74, 6) is 1.07. The highest BCUT2D eigenvalue weighted by molar-refractivity contribution is 5.93. The summed E-state index contributed by atoms with van der Waals surface area (Å²) in [6.07, 6.45) is 6.55. The molecule has 0 radical (unpaired) electrons. The Bertz CT molecular complexity index is 771. The number of nitrogens with zero attached hydrogens (tertiary/aromatic N) is 1. The second-order valence-electron chi connectivity index (χ2n) is 6.51. The Labute approximate surface area is 140 Å². The Morgan fingerprint density at radius 3 is 2.96 bits per heavy atom. The Morgan fingerprint density at radius 1 is 1.29 bits per heavy atom. The minimum absolute atomic E-state index is 0.251. The standard InChI is InChI=1S/C19H20N2O3/c22-19(23)16-5-7-20-11-17(16)21-10-14-6-8-24-18-9-13(12-1-2-12)3-4-15(14)18/h3-5,7,9,11-12,14,21H,1-2,6,8,10H2,(H,22,23)/t14-/m0/s1. The van der Waals surface area contributed by atoms with Gasteiger partial charge >= 0.3 is 5.97 Å². The molecule has 4 rings (SSSR count). The van der Waals surface area contributed by atoms with Crippen molar-refractivity contribution in [3.63, 3.8) is 0 Å². The van der Waals surface area contributed by atoms with Gasteiger partial charge in [0.15, 0.2) is 0 Å². The van der Waals surface area contributed by atoms with Crippen molar-refractivity contribution in [3.05, 3.63) is 53.3 Å². The lowest BCUT2D eigenvalue weighted by Gasteiger charge is -2.27. The first-order chi connectivity index (χ1) is 11.7. The van der Waals surface area contributed by atoms with E-state index in [0.29, 0.717) is 30.7 Å². The summed E-state index contributed by atoms with van der Waals surface area (Å²) in [6.45, 7) is 1.37. The van der Waals surface area contributed by atoms with Gasteiger partial charge in [0, 0.05) is 18.7 Å². The molecule has 2 aliphatic rings. The Balaban J connectivity index is 1.51. The van der Waals surface area contributed by atoms with Crippen LogP contribution in [0.1, 0.15) is 52.6 Å². The fraction of sp³-hybridized carbons (Fsp3) is 0.368. The molecule has 1 aliphatic heterocycles. The monoisotopic (exact) mass is 324 g/mol. The zero-order chi connectivity index (χ0) is 16.5. The van der Waals surface area contributed by atoms with Gasteiger partial charge in [0.1, 0.15) is 5.75 Å². The average molecular weight is 324 g/mol. The number of carbonyl (C=O) groups is 1. The highest BCUT2D eigenvalue weighted by Gasteiger charge is 2.27. The quantitative estimate of drug-likeness (QED) is 0.878. The minimum Gasteiger partial charge on any atom is -0.493 e. The van der Waals surface area contributed by atoms with E-state index in [1.165, 1.54) is 36.2 Å². The molecular weight excluding hydrogens is 304 g/mol. The van der Waals surface area contributed by atoms with E-state index < -0.39 is 5.97 Å². The zero-order valence-electron chi connectivity index (χ0n) is 13.4. The number of aromatic carboxylic acids is 1. The van der Waals surface area contributed by atoms with Crippen LogP contribution in [0, 0.1) is 0 Å². The average Bonchev–Trinajstić information content (AvgIpc) is 3.44. The van der Waals surface area contributed by atoms with E-state index in [4.69, 9.17) is 4.74 Å². The first-order valence-corrected chi connectivity index (χ1v) is 8.40. The van der Waals surface area contributed by atoms with Crippen molar-refractivity contribution in [3.8, 4) is 5.75 Å². The van der Waals surface area contributed by atoms with Crippen LogP contribution in [0.25, 0.3) is 0 Å². The minimum atomic E-state index is -0.943. The summed E-state index contributed by atoms with van der Waals surface area (Å²) in [5, 5.41) is 12.5. The number of carboxylic acids is 1. The molecule has 1 aliphatic carbocycles. The van der Waals surface area contributed by atoms with Crippen molar-refractivity contribution in [2.45, 2.75) is 31.1 Å². The normalized spacial score (nSPS) is 19.2. The molecule has 24 heavy (non-hydrogen) atoms. The summed E-state index contributed by atoms with van der Waals surface area (Å²) in [4.78, 5) is 15.3. The van der Waals surface area contributed by atoms with Gasteiger partial charge < -0.3 is 15.2 Å². The molecule has 0 spiro atoms. The topological polar surface area (TPSA) is 71.5 Å². The van der Waals surface area contributed by atoms with Crippen molar-refractivity contribution < 1.29 is 14.6 Å². The van der Waals surface area contributed by atoms with Crippen LogP contribution in [0.4, 0.5) is 5.69 Å². The number of aromatic nitrogens is 1. The van der Waals surface area contributed by atoms with E-state index in [-0.39, 0.29) is 5.56 Å².